The summed E-state index contributed by atoms with van der Waals surface area (Å²) in [5, 5.41) is 10.9. The van der Waals surface area contributed by atoms with Crippen molar-refractivity contribution in [2.24, 2.45) is 11.8 Å². The van der Waals surface area contributed by atoms with Crippen LogP contribution in [0.15, 0.2) is 0 Å². The van der Waals surface area contributed by atoms with Crippen molar-refractivity contribution in [3.63, 3.8) is 0 Å². The van der Waals surface area contributed by atoms with Crippen LogP contribution in [0.3, 0.4) is 0 Å². The minimum absolute atomic E-state index is 0.0351. The minimum atomic E-state index is -0.946. The molecule has 1 fully saturated rings. The van der Waals surface area contributed by atoms with Gasteiger partial charge in [-0.3, -0.25) is 14.9 Å². The number of methoxy groups -OCH3 is 1. The second-order valence-corrected chi connectivity index (χ2v) is 5.32. The molecule has 7 heteroatoms. The Morgan fingerprint density at radius 3 is 2.70 bits per heavy atom. The number of carboxylic acid groups (broad SMARTS) is 1. The minimum Gasteiger partial charge on any atom is -0.481 e. The molecule has 114 valence electrons. The lowest BCUT2D eigenvalue weighted by atomic mass is 10.0. The normalized spacial score (nSPS) is 19.7. The first-order valence-corrected chi connectivity index (χ1v) is 6.71. The van der Waals surface area contributed by atoms with E-state index in [1.807, 2.05) is 0 Å². The standard InChI is InChI=1S/C13H22N2O5/c1-9(6-12(17)18)5-11(16)14-13(19)15-4-3-10(7-15)8-20-2/h9-10H,3-8H2,1-2H3,(H,17,18)(H,14,16,19). The third kappa shape index (κ3) is 5.56. The highest BCUT2D eigenvalue weighted by molar-refractivity contribution is 5.94. The van der Waals surface area contributed by atoms with E-state index in [2.05, 4.69) is 5.32 Å². The number of ether oxygens (including phenoxy) is 1. The number of hydrogen-bond acceptors (Lipinski definition) is 4. The summed E-state index contributed by atoms with van der Waals surface area (Å²) >= 11 is 0. The molecule has 2 atom stereocenters. The first-order chi connectivity index (χ1) is 9.42. The highest BCUT2D eigenvalue weighted by atomic mass is 16.5. The molecule has 0 saturated carbocycles. The van der Waals surface area contributed by atoms with Crippen molar-refractivity contribution in [1.82, 2.24) is 10.2 Å². The molecule has 1 saturated heterocycles. The molecule has 0 aromatic heterocycles. The van der Waals surface area contributed by atoms with E-state index in [9.17, 15) is 14.4 Å². The van der Waals surface area contributed by atoms with E-state index in [1.54, 1.807) is 18.9 Å². The van der Waals surface area contributed by atoms with Crippen molar-refractivity contribution in [1.29, 1.82) is 0 Å². The summed E-state index contributed by atoms with van der Waals surface area (Å²) < 4.78 is 5.04. The van der Waals surface area contributed by atoms with Crippen LogP contribution >= 0.6 is 0 Å². The number of amides is 3. The van der Waals surface area contributed by atoms with Crippen LogP contribution in [-0.2, 0) is 14.3 Å². The molecule has 20 heavy (non-hydrogen) atoms. The topological polar surface area (TPSA) is 95.9 Å². The zero-order valence-corrected chi connectivity index (χ0v) is 11.9. The first kappa shape index (κ1) is 16.4. The van der Waals surface area contributed by atoms with Gasteiger partial charge in [0.2, 0.25) is 5.91 Å². The van der Waals surface area contributed by atoms with Gasteiger partial charge in [0.15, 0.2) is 0 Å². The zero-order chi connectivity index (χ0) is 15.1. The second-order valence-electron chi connectivity index (χ2n) is 5.32. The largest absolute Gasteiger partial charge is 0.481 e. The summed E-state index contributed by atoms with van der Waals surface area (Å²) in [6.07, 6.45) is 0.819. The molecule has 0 aromatic carbocycles. The molecule has 2 N–H and O–H groups in total. The van der Waals surface area contributed by atoms with Gasteiger partial charge in [-0.1, -0.05) is 6.92 Å². The van der Waals surface area contributed by atoms with E-state index < -0.39 is 17.9 Å². The number of hydrogen-bond donors (Lipinski definition) is 2. The maximum atomic E-state index is 11.8. The molecule has 1 aliphatic rings. The summed E-state index contributed by atoms with van der Waals surface area (Å²) in [6, 6.07) is -0.406. The van der Waals surface area contributed by atoms with Crippen LogP contribution in [0.2, 0.25) is 0 Å². The Balaban J connectivity index is 2.31. The van der Waals surface area contributed by atoms with Crippen LogP contribution in [0.25, 0.3) is 0 Å². The number of carbonyl (C=O) groups excluding carboxylic acids is 2. The number of likely N-dealkylation sites (tertiary alicyclic amines) is 1. The van der Waals surface area contributed by atoms with Crippen LogP contribution in [0.1, 0.15) is 26.2 Å². The fourth-order valence-corrected chi connectivity index (χ4v) is 2.32. The molecule has 0 aromatic rings. The Morgan fingerprint density at radius 2 is 2.10 bits per heavy atom. The van der Waals surface area contributed by atoms with E-state index >= 15 is 0 Å². The third-order valence-electron chi connectivity index (χ3n) is 3.28. The van der Waals surface area contributed by atoms with Gasteiger partial charge in [0.1, 0.15) is 0 Å². The Hall–Kier alpha value is -1.63. The number of aliphatic carboxylic acids is 1. The molecule has 2 unspecified atom stereocenters. The van der Waals surface area contributed by atoms with E-state index in [0.717, 1.165) is 6.42 Å². The second kappa shape index (κ2) is 7.84. The number of nitrogens with zero attached hydrogens (tertiary/aromatic N) is 1. The molecular formula is C13H22N2O5. The van der Waals surface area contributed by atoms with Crippen molar-refractivity contribution in [2.45, 2.75) is 26.2 Å². The molecule has 0 spiro atoms. The predicted molar refractivity (Wildman–Crippen MR) is 71.1 cm³/mol. The summed E-state index contributed by atoms with van der Waals surface area (Å²) in [5.74, 6) is -1.36. The number of carbonyl (C=O) groups is 3. The molecule has 1 aliphatic heterocycles. The highest BCUT2D eigenvalue weighted by Gasteiger charge is 2.27. The van der Waals surface area contributed by atoms with Gasteiger partial charge in [0.25, 0.3) is 0 Å². The monoisotopic (exact) mass is 286 g/mol. The third-order valence-corrected chi connectivity index (χ3v) is 3.28. The fraction of sp³-hybridized carbons (Fsp3) is 0.769. The number of carboxylic acids is 1. The van der Waals surface area contributed by atoms with Gasteiger partial charge in [0.05, 0.1) is 6.61 Å². The molecule has 0 bridgehead atoms. The van der Waals surface area contributed by atoms with Crippen molar-refractivity contribution in [3.8, 4) is 0 Å². The maximum absolute atomic E-state index is 11.8. The van der Waals surface area contributed by atoms with Gasteiger partial charge >= 0.3 is 12.0 Å². The van der Waals surface area contributed by atoms with E-state index in [1.165, 1.54) is 0 Å². The zero-order valence-electron chi connectivity index (χ0n) is 11.9. The van der Waals surface area contributed by atoms with Crippen LogP contribution in [0.5, 0.6) is 0 Å². The van der Waals surface area contributed by atoms with Crippen molar-refractivity contribution < 1.29 is 24.2 Å². The van der Waals surface area contributed by atoms with Crippen LogP contribution in [0.4, 0.5) is 4.79 Å². The van der Waals surface area contributed by atoms with Gasteiger partial charge in [-0.2, -0.15) is 0 Å². The Morgan fingerprint density at radius 1 is 1.40 bits per heavy atom. The number of imide groups is 1. The number of rotatable bonds is 6. The SMILES string of the molecule is COCC1CCN(C(=O)NC(=O)CC(C)CC(=O)O)C1. The van der Waals surface area contributed by atoms with Gasteiger partial charge in [-0.05, 0) is 12.3 Å². The van der Waals surface area contributed by atoms with Crippen LogP contribution in [-0.4, -0.2) is 54.7 Å². The molecule has 1 heterocycles. The summed E-state index contributed by atoms with van der Waals surface area (Å²) in [4.78, 5) is 35.6. The molecule has 1 rings (SSSR count). The van der Waals surface area contributed by atoms with Crippen molar-refractivity contribution in [3.05, 3.63) is 0 Å². The maximum Gasteiger partial charge on any atom is 0.324 e. The summed E-state index contributed by atoms with van der Waals surface area (Å²) in [5.41, 5.74) is 0. The van der Waals surface area contributed by atoms with Gasteiger partial charge in [-0.25, -0.2) is 4.79 Å². The smallest absolute Gasteiger partial charge is 0.324 e. The van der Waals surface area contributed by atoms with E-state index in [-0.39, 0.29) is 18.8 Å². The van der Waals surface area contributed by atoms with Gasteiger partial charge in [-0.15, -0.1) is 0 Å². The van der Waals surface area contributed by atoms with Crippen molar-refractivity contribution in [2.75, 3.05) is 26.8 Å². The highest BCUT2D eigenvalue weighted by Crippen LogP contribution is 2.16. The average Bonchev–Trinajstić information content (AvgIpc) is 2.76. The number of nitrogens with one attached hydrogen (secondary N) is 1. The van der Waals surface area contributed by atoms with E-state index in [0.29, 0.717) is 25.6 Å². The molecule has 0 aliphatic carbocycles. The fourth-order valence-electron chi connectivity index (χ4n) is 2.32. The Bertz CT molecular complexity index is 372. The average molecular weight is 286 g/mol. The number of urea groups is 1. The molecular weight excluding hydrogens is 264 g/mol. The lowest BCUT2D eigenvalue weighted by Crippen LogP contribution is -2.42. The van der Waals surface area contributed by atoms with Crippen LogP contribution < -0.4 is 5.32 Å². The summed E-state index contributed by atoms with van der Waals surface area (Å²) in [7, 11) is 1.62. The van der Waals surface area contributed by atoms with Crippen molar-refractivity contribution >= 4 is 17.9 Å². The molecule has 7 nitrogen and oxygen atoms in total. The summed E-state index contributed by atoms with van der Waals surface area (Å²) in [6.45, 7) is 3.46. The molecule has 3 amide bonds. The predicted octanol–water partition coefficient (Wildman–Crippen LogP) is 0.692. The lowest BCUT2D eigenvalue weighted by molar-refractivity contribution is -0.138. The quantitative estimate of drug-likeness (QED) is 0.749. The Labute approximate surface area is 118 Å². The van der Waals surface area contributed by atoms with Crippen LogP contribution in [0, 0.1) is 11.8 Å². The first-order valence-electron chi connectivity index (χ1n) is 6.71. The Kier molecular flexibility index (Phi) is 6.44. The van der Waals surface area contributed by atoms with Gasteiger partial charge in [0, 0.05) is 39.0 Å². The lowest BCUT2D eigenvalue weighted by Gasteiger charge is -2.17. The van der Waals surface area contributed by atoms with E-state index in [4.69, 9.17) is 9.84 Å². The molecule has 0 radical (unpaired) electrons. The van der Waals surface area contributed by atoms with Gasteiger partial charge < -0.3 is 14.7 Å².